The molecule has 0 aliphatic carbocycles. The Kier molecular flexibility index (Phi) is 50.6. The minimum atomic E-state index is -0.797. The molecule has 0 spiro atoms. The van der Waals surface area contributed by atoms with Crippen molar-refractivity contribution >= 4 is 11.9 Å². The number of amides is 1. The van der Waals surface area contributed by atoms with Crippen LogP contribution in [0.3, 0.4) is 0 Å². The standard InChI is InChI=1S/C59H107NO5/c1-4-7-10-13-16-19-22-25-28-31-34-37-40-43-46-49-52-59(64)65-55(50-47-44-41-38-35-32-29-26-23-20-17-14-11-8-5-2)53-58(63)60-56(54-61)57(62)51-48-45-42-39-36-33-30-27-24-21-18-15-12-9-6-3/h7,10,16,19,25-26,28-29,34,37,55-57,61-62H,4-6,8-9,11-15,17-18,20-24,27,30-33,35-36,38-54H2,1-3H3,(H,60,63)/b10-7+,19-16+,28-25+,29-26+,37-34+. The molecule has 0 aliphatic heterocycles. The van der Waals surface area contributed by atoms with Crippen LogP contribution in [-0.2, 0) is 14.3 Å². The Morgan fingerprint density at radius 1 is 0.462 bits per heavy atom. The lowest BCUT2D eigenvalue weighted by atomic mass is 10.0. The second kappa shape index (κ2) is 52.5. The molecule has 65 heavy (non-hydrogen) atoms. The van der Waals surface area contributed by atoms with E-state index in [1.165, 1.54) is 135 Å². The molecule has 0 aliphatic rings. The minimum absolute atomic E-state index is 0.0587. The number of ether oxygens (including phenoxy) is 1. The van der Waals surface area contributed by atoms with Crippen molar-refractivity contribution in [2.24, 2.45) is 0 Å². The molecule has 3 N–H and O–H groups in total. The zero-order valence-corrected chi connectivity index (χ0v) is 43.1. The molecule has 0 rings (SSSR count). The molecule has 0 bridgehead atoms. The van der Waals surface area contributed by atoms with Crippen molar-refractivity contribution in [1.29, 1.82) is 0 Å². The lowest BCUT2D eigenvalue weighted by Gasteiger charge is -2.24. The zero-order valence-electron chi connectivity index (χ0n) is 43.1. The number of allylic oxidation sites excluding steroid dienone is 10. The first-order chi connectivity index (χ1) is 32.0. The summed E-state index contributed by atoms with van der Waals surface area (Å²) in [4.78, 5) is 26.2. The van der Waals surface area contributed by atoms with Gasteiger partial charge < -0.3 is 20.3 Å². The van der Waals surface area contributed by atoms with Crippen LogP contribution in [0.2, 0.25) is 0 Å². The van der Waals surface area contributed by atoms with Crippen molar-refractivity contribution in [3.05, 3.63) is 60.8 Å². The summed E-state index contributed by atoms with van der Waals surface area (Å²) < 4.78 is 5.94. The Morgan fingerprint density at radius 3 is 1.28 bits per heavy atom. The fourth-order valence-corrected chi connectivity index (χ4v) is 8.36. The number of nitrogens with one attached hydrogen (secondary N) is 1. The van der Waals surface area contributed by atoms with Crippen LogP contribution < -0.4 is 5.32 Å². The van der Waals surface area contributed by atoms with E-state index in [1.54, 1.807) is 0 Å². The maximum absolute atomic E-state index is 13.3. The third-order valence-electron chi connectivity index (χ3n) is 12.6. The van der Waals surface area contributed by atoms with Gasteiger partial charge in [0.15, 0.2) is 0 Å². The van der Waals surface area contributed by atoms with Crippen LogP contribution in [0.1, 0.15) is 278 Å². The summed E-state index contributed by atoms with van der Waals surface area (Å²) in [6, 6.07) is -0.712. The van der Waals surface area contributed by atoms with Gasteiger partial charge in [-0.25, -0.2) is 0 Å². The number of carbonyl (C=O) groups excluding carboxylic acids is 2. The maximum atomic E-state index is 13.3. The smallest absolute Gasteiger partial charge is 0.306 e. The fourth-order valence-electron chi connectivity index (χ4n) is 8.36. The Balaban J connectivity index is 4.62. The SMILES string of the molecule is CC/C=C/C/C=C/C/C=C/C/C=C/CCCCCC(=O)OC(CCCCCCC/C=C/CCCCCCCC)CC(=O)NC(CO)C(O)CCCCCCCCCCCCCCCCC. The van der Waals surface area contributed by atoms with Crippen LogP contribution in [0.25, 0.3) is 0 Å². The Hall–Kier alpha value is -2.44. The highest BCUT2D eigenvalue weighted by Gasteiger charge is 2.24. The quantitative estimate of drug-likeness (QED) is 0.0321. The van der Waals surface area contributed by atoms with Crippen molar-refractivity contribution < 1.29 is 24.5 Å². The van der Waals surface area contributed by atoms with Crippen LogP contribution >= 0.6 is 0 Å². The lowest BCUT2D eigenvalue weighted by Crippen LogP contribution is -2.46. The number of rotatable bonds is 50. The summed E-state index contributed by atoms with van der Waals surface area (Å²) in [6.45, 7) is 6.38. The van der Waals surface area contributed by atoms with Gasteiger partial charge >= 0.3 is 5.97 Å². The molecule has 3 unspecified atom stereocenters. The van der Waals surface area contributed by atoms with Crippen molar-refractivity contribution in [1.82, 2.24) is 5.32 Å². The first-order valence-electron chi connectivity index (χ1n) is 28.0. The molecular formula is C59H107NO5. The molecule has 0 aromatic rings. The van der Waals surface area contributed by atoms with Gasteiger partial charge in [-0.05, 0) is 89.9 Å². The summed E-state index contributed by atoms with van der Waals surface area (Å²) in [5.41, 5.74) is 0. The molecule has 1 amide bonds. The molecule has 0 saturated heterocycles. The third-order valence-corrected chi connectivity index (χ3v) is 12.6. The normalized spacial score (nSPS) is 13.6. The number of unbranched alkanes of at least 4 members (excludes halogenated alkanes) is 28. The van der Waals surface area contributed by atoms with Crippen LogP contribution in [0.5, 0.6) is 0 Å². The highest BCUT2D eigenvalue weighted by atomic mass is 16.5. The van der Waals surface area contributed by atoms with Gasteiger partial charge in [0.25, 0.3) is 0 Å². The second-order valence-corrected chi connectivity index (χ2v) is 19.0. The number of aliphatic hydroxyl groups excluding tert-OH is 2. The van der Waals surface area contributed by atoms with E-state index in [0.29, 0.717) is 19.3 Å². The topological polar surface area (TPSA) is 95.9 Å². The monoisotopic (exact) mass is 910 g/mol. The van der Waals surface area contributed by atoms with Gasteiger partial charge in [-0.2, -0.15) is 0 Å². The predicted octanol–water partition coefficient (Wildman–Crippen LogP) is 17.2. The van der Waals surface area contributed by atoms with E-state index >= 15 is 0 Å². The molecule has 0 saturated carbocycles. The van der Waals surface area contributed by atoms with Crippen LogP contribution in [-0.4, -0.2) is 46.9 Å². The van der Waals surface area contributed by atoms with Gasteiger partial charge in [-0.1, -0.05) is 236 Å². The maximum Gasteiger partial charge on any atom is 0.306 e. The highest BCUT2D eigenvalue weighted by molar-refractivity contribution is 5.77. The fraction of sp³-hybridized carbons (Fsp3) is 0.797. The Bertz CT molecular complexity index is 1160. The van der Waals surface area contributed by atoms with E-state index in [2.05, 4.69) is 86.8 Å². The lowest BCUT2D eigenvalue weighted by molar-refractivity contribution is -0.151. The molecular weight excluding hydrogens is 803 g/mol. The molecule has 0 heterocycles. The van der Waals surface area contributed by atoms with Crippen LogP contribution in [0, 0.1) is 0 Å². The van der Waals surface area contributed by atoms with Gasteiger partial charge in [0.1, 0.15) is 6.10 Å². The third kappa shape index (κ3) is 47.8. The number of hydrogen-bond acceptors (Lipinski definition) is 5. The first kappa shape index (κ1) is 62.6. The molecule has 0 fully saturated rings. The summed E-state index contributed by atoms with van der Waals surface area (Å²) >= 11 is 0. The van der Waals surface area contributed by atoms with Crippen molar-refractivity contribution in [3.63, 3.8) is 0 Å². The molecule has 0 radical (unpaired) electrons. The zero-order chi connectivity index (χ0) is 47.4. The second-order valence-electron chi connectivity index (χ2n) is 19.0. The number of hydrogen-bond donors (Lipinski definition) is 3. The molecule has 6 nitrogen and oxygen atoms in total. The van der Waals surface area contributed by atoms with Gasteiger partial charge in [0.2, 0.25) is 5.91 Å². The molecule has 0 aromatic carbocycles. The Labute approximate surface area is 403 Å². The van der Waals surface area contributed by atoms with Crippen LogP contribution in [0.15, 0.2) is 60.8 Å². The van der Waals surface area contributed by atoms with Gasteiger partial charge in [-0.3, -0.25) is 9.59 Å². The first-order valence-corrected chi connectivity index (χ1v) is 28.0. The molecule has 3 atom stereocenters. The molecule has 0 aromatic heterocycles. The van der Waals surface area contributed by atoms with E-state index in [9.17, 15) is 19.8 Å². The average molecular weight is 911 g/mol. The summed E-state index contributed by atoms with van der Waals surface area (Å²) in [6.07, 6.45) is 65.7. The molecule has 378 valence electrons. The minimum Gasteiger partial charge on any atom is -0.462 e. The molecule has 6 heteroatoms. The highest BCUT2D eigenvalue weighted by Crippen LogP contribution is 2.18. The average Bonchev–Trinajstić information content (AvgIpc) is 3.30. The number of esters is 1. The van der Waals surface area contributed by atoms with E-state index in [-0.39, 0.29) is 24.9 Å². The van der Waals surface area contributed by atoms with E-state index < -0.39 is 18.2 Å². The van der Waals surface area contributed by atoms with E-state index in [1.807, 2.05) is 0 Å². The summed E-state index contributed by atoms with van der Waals surface area (Å²) in [5.74, 6) is -0.512. The number of carbonyl (C=O) groups is 2. The van der Waals surface area contributed by atoms with Crippen molar-refractivity contribution in [2.45, 2.75) is 296 Å². The predicted molar refractivity (Wildman–Crippen MR) is 282 cm³/mol. The summed E-state index contributed by atoms with van der Waals surface area (Å²) in [7, 11) is 0. The van der Waals surface area contributed by atoms with E-state index in [4.69, 9.17) is 4.74 Å². The van der Waals surface area contributed by atoms with Gasteiger partial charge in [0.05, 0.1) is 25.2 Å². The van der Waals surface area contributed by atoms with Crippen molar-refractivity contribution in [3.8, 4) is 0 Å². The largest absolute Gasteiger partial charge is 0.462 e. The van der Waals surface area contributed by atoms with Gasteiger partial charge in [0, 0.05) is 6.42 Å². The van der Waals surface area contributed by atoms with E-state index in [0.717, 1.165) is 96.3 Å². The van der Waals surface area contributed by atoms with Crippen molar-refractivity contribution in [2.75, 3.05) is 6.61 Å². The number of aliphatic hydroxyl groups is 2. The summed E-state index contributed by atoms with van der Waals surface area (Å²) in [5, 5.41) is 23.9. The van der Waals surface area contributed by atoms with Gasteiger partial charge in [-0.15, -0.1) is 0 Å². The van der Waals surface area contributed by atoms with Crippen LogP contribution in [0.4, 0.5) is 0 Å². The Morgan fingerprint density at radius 2 is 0.831 bits per heavy atom.